The molecule has 0 radical (unpaired) electrons. The van der Waals surface area contributed by atoms with Crippen molar-refractivity contribution in [3.05, 3.63) is 72.2 Å². The Kier molecular flexibility index (Phi) is 3.82. The second-order valence-corrected chi connectivity index (χ2v) is 4.79. The van der Waals surface area contributed by atoms with Crippen molar-refractivity contribution in [3.8, 4) is 22.6 Å². The quantitative estimate of drug-likeness (QED) is 0.624. The number of benzene rings is 2. The highest BCUT2D eigenvalue weighted by Gasteiger charge is 2.38. The average molecular weight is 318 g/mol. The van der Waals surface area contributed by atoms with Crippen LogP contribution >= 0.6 is 0 Å². The standard InChI is InChI=1S/C17H10F4N2/c18-13-14(11-7-3-1-4-8-11)22-16(12-9-5-2-6-10-12)23-15(13)17(19,20)21/h1-10H. The fraction of sp³-hybridized carbons (Fsp3) is 0.0588. The lowest BCUT2D eigenvalue weighted by molar-refractivity contribution is -0.143. The predicted molar refractivity (Wildman–Crippen MR) is 77.9 cm³/mol. The Morgan fingerprint density at radius 1 is 0.696 bits per heavy atom. The van der Waals surface area contributed by atoms with Crippen LogP contribution in [0.5, 0.6) is 0 Å². The summed E-state index contributed by atoms with van der Waals surface area (Å²) in [7, 11) is 0. The maximum Gasteiger partial charge on any atom is 0.436 e. The third kappa shape index (κ3) is 3.06. The molecule has 116 valence electrons. The highest BCUT2D eigenvalue weighted by molar-refractivity contribution is 5.65. The molecule has 3 rings (SSSR count). The lowest BCUT2D eigenvalue weighted by atomic mass is 10.1. The van der Waals surface area contributed by atoms with E-state index >= 15 is 0 Å². The summed E-state index contributed by atoms with van der Waals surface area (Å²) in [6.07, 6.45) is -4.90. The summed E-state index contributed by atoms with van der Waals surface area (Å²) in [4.78, 5) is 7.39. The van der Waals surface area contributed by atoms with Crippen molar-refractivity contribution in [2.75, 3.05) is 0 Å². The lowest BCUT2D eigenvalue weighted by Gasteiger charge is -2.12. The molecular weight excluding hydrogens is 308 g/mol. The molecule has 23 heavy (non-hydrogen) atoms. The zero-order valence-electron chi connectivity index (χ0n) is 11.7. The van der Waals surface area contributed by atoms with Crippen molar-refractivity contribution in [1.29, 1.82) is 0 Å². The van der Waals surface area contributed by atoms with E-state index in [1.54, 1.807) is 48.5 Å². The molecule has 0 amide bonds. The van der Waals surface area contributed by atoms with Crippen LogP contribution in [0.2, 0.25) is 0 Å². The number of hydrogen-bond acceptors (Lipinski definition) is 2. The van der Waals surface area contributed by atoms with Gasteiger partial charge in [0, 0.05) is 11.1 Å². The van der Waals surface area contributed by atoms with Crippen LogP contribution in [0.3, 0.4) is 0 Å². The van der Waals surface area contributed by atoms with Gasteiger partial charge in [0.1, 0.15) is 5.69 Å². The summed E-state index contributed by atoms with van der Waals surface area (Å²) >= 11 is 0. The molecule has 0 aliphatic heterocycles. The molecule has 0 saturated carbocycles. The summed E-state index contributed by atoms with van der Waals surface area (Å²) in [5.41, 5.74) is -1.29. The molecule has 6 heteroatoms. The Balaban J connectivity index is 2.27. The van der Waals surface area contributed by atoms with Gasteiger partial charge in [-0.1, -0.05) is 60.7 Å². The monoisotopic (exact) mass is 318 g/mol. The van der Waals surface area contributed by atoms with Crippen molar-refractivity contribution in [2.45, 2.75) is 6.18 Å². The molecule has 0 atom stereocenters. The van der Waals surface area contributed by atoms with Crippen LogP contribution in [0.25, 0.3) is 22.6 Å². The Hall–Kier alpha value is -2.76. The largest absolute Gasteiger partial charge is 0.436 e. The van der Waals surface area contributed by atoms with Gasteiger partial charge in [0.25, 0.3) is 0 Å². The number of halogens is 4. The maximum absolute atomic E-state index is 14.3. The van der Waals surface area contributed by atoms with Crippen LogP contribution in [0.15, 0.2) is 60.7 Å². The van der Waals surface area contributed by atoms with E-state index in [1.807, 2.05) is 0 Å². The molecule has 0 saturated heterocycles. The maximum atomic E-state index is 14.3. The molecule has 1 heterocycles. The molecule has 0 spiro atoms. The Morgan fingerprint density at radius 2 is 1.22 bits per heavy atom. The van der Waals surface area contributed by atoms with Gasteiger partial charge in [-0.3, -0.25) is 0 Å². The normalized spacial score (nSPS) is 11.5. The minimum atomic E-state index is -4.90. The molecule has 0 N–H and O–H groups in total. The number of hydrogen-bond donors (Lipinski definition) is 0. The third-order valence-corrected chi connectivity index (χ3v) is 3.20. The van der Waals surface area contributed by atoms with E-state index in [-0.39, 0.29) is 17.1 Å². The first-order valence-electron chi connectivity index (χ1n) is 6.72. The first kappa shape index (κ1) is 15.1. The molecule has 0 aliphatic carbocycles. The van der Waals surface area contributed by atoms with Gasteiger partial charge in [-0.15, -0.1) is 0 Å². The van der Waals surface area contributed by atoms with E-state index in [1.165, 1.54) is 12.1 Å². The van der Waals surface area contributed by atoms with Crippen molar-refractivity contribution >= 4 is 0 Å². The van der Waals surface area contributed by atoms with Crippen LogP contribution in [0, 0.1) is 5.82 Å². The Morgan fingerprint density at radius 3 is 1.74 bits per heavy atom. The first-order valence-corrected chi connectivity index (χ1v) is 6.72. The molecule has 1 aromatic heterocycles. The smallest absolute Gasteiger partial charge is 0.225 e. The van der Waals surface area contributed by atoms with E-state index in [0.717, 1.165) is 0 Å². The van der Waals surface area contributed by atoms with Gasteiger partial charge in [-0.05, 0) is 0 Å². The zero-order valence-corrected chi connectivity index (χ0v) is 11.7. The average Bonchev–Trinajstić information content (AvgIpc) is 2.55. The Bertz CT molecular complexity index is 815. The fourth-order valence-electron chi connectivity index (χ4n) is 2.14. The molecule has 2 nitrogen and oxygen atoms in total. The summed E-state index contributed by atoms with van der Waals surface area (Å²) in [6.45, 7) is 0. The Labute approximate surface area is 129 Å². The SMILES string of the molecule is Fc1c(-c2ccccc2)nc(-c2ccccc2)nc1C(F)(F)F. The van der Waals surface area contributed by atoms with Crippen LogP contribution in [0.1, 0.15) is 5.69 Å². The zero-order chi connectivity index (χ0) is 16.4. The van der Waals surface area contributed by atoms with E-state index in [2.05, 4.69) is 9.97 Å². The lowest BCUT2D eigenvalue weighted by Crippen LogP contribution is -2.14. The third-order valence-electron chi connectivity index (χ3n) is 3.20. The van der Waals surface area contributed by atoms with E-state index < -0.39 is 17.7 Å². The van der Waals surface area contributed by atoms with Crippen molar-refractivity contribution in [2.24, 2.45) is 0 Å². The first-order chi connectivity index (χ1) is 11.0. The number of nitrogens with zero attached hydrogens (tertiary/aromatic N) is 2. The minimum Gasteiger partial charge on any atom is -0.225 e. The molecule has 0 bridgehead atoms. The van der Waals surface area contributed by atoms with Gasteiger partial charge in [0.15, 0.2) is 17.3 Å². The predicted octanol–water partition coefficient (Wildman–Crippen LogP) is 4.97. The summed E-state index contributed by atoms with van der Waals surface area (Å²) in [5, 5.41) is 0. The molecular formula is C17H10F4N2. The van der Waals surface area contributed by atoms with Crippen molar-refractivity contribution < 1.29 is 17.6 Å². The van der Waals surface area contributed by atoms with Gasteiger partial charge in [-0.25, -0.2) is 14.4 Å². The molecule has 0 aliphatic rings. The summed E-state index contributed by atoms with van der Waals surface area (Å²) < 4.78 is 53.6. The van der Waals surface area contributed by atoms with Crippen LogP contribution in [0.4, 0.5) is 17.6 Å². The highest BCUT2D eigenvalue weighted by atomic mass is 19.4. The molecule has 0 unspecified atom stereocenters. The number of alkyl halides is 3. The minimum absolute atomic E-state index is 0.168. The highest BCUT2D eigenvalue weighted by Crippen LogP contribution is 2.35. The van der Waals surface area contributed by atoms with E-state index in [4.69, 9.17) is 0 Å². The summed E-state index contributed by atoms with van der Waals surface area (Å²) in [6, 6.07) is 16.1. The van der Waals surface area contributed by atoms with Crippen LogP contribution in [-0.2, 0) is 6.18 Å². The fourth-order valence-corrected chi connectivity index (χ4v) is 2.14. The van der Waals surface area contributed by atoms with Crippen molar-refractivity contribution in [3.63, 3.8) is 0 Å². The molecule has 2 aromatic carbocycles. The molecule has 3 aromatic rings. The van der Waals surface area contributed by atoms with Gasteiger partial charge in [0.05, 0.1) is 0 Å². The van der Waals surface area contributed by atoms with Crippen LogP contribution in [-0.4, -0.2) is 9.97 Å². The second kappa shape index (κ2) is 5.79. The van der Waals surface area contributed by atoms with Crippen molar-refractivity contribution in [1.82, 2.24) is 9.97 Å². The van der Waals surface area contributed by atoms with Crippen LogP contribution < -0.4 is 0 Å². The van der Waals surface area contributed by atoms with E-state index in [0.29, 0.717) is 5.56 Å². The number of aromatic nitrogens is 2. The van der Waals surface area contributed by atoms with Gasteiger partial charge >= 0.3 is 6.18 Å². The van der Waals surface area contributed by atoms with Gasteiger partial charge in [0.2, 0.25) is 0 Å². The molecule has 0 fully saturated rings. The van der Waals surface area contributed by atoms with Gasteiger partial charge < -0.3 is 0 Å². The van der Waals surface area contributed by atoms with E-state index in [9.17, 15) is 17.6 Å². The van der Waals surface area contributed by atoms with Gasteiger partial charge in [-0.2, -0.15) is 13.2 Å². The topological polar surface area (TPSA) is 25.8 Å². The number of rotatable bonds is 2. The summed E-state index contributed by atoms with van der Waals surface area (Å²) in [5.74, 6) is -1.64. The second-order valence-electron chi connectivity index (χ2n) is 4.79.